The van der Waals surface area contributed by atoms with E-state index in [4.69, 9.17) is 25.8 Å². The predicted octanol–water partition coefficient (Wildman–Crippen LogP) is 3.59. The van der Waals surface area contributed by atoms with Crippen LogP contribution in [0.3, 0.4) is 0 Å². The molecule has 0 bridgehead atoms. The molecule has 0 saturated carbocycles. The van der Waals surface area contributed by atoms with Gasteiger partial charge < -0.3 is 14.2 Å². The van der Waals surface area contributed by atoms with Crippen LogP contribution in [0.4, 0.5) is 5.95 Å². The summed E-state index contributed by atoms with van der Waals surface area (Å²) in [6, 6.07) is 5.23. The molecule has 1 aromatic carbocycles. The number of nitrogens with zero attached hydrogens (tertiary/aromatic N) is 5. The Kier molecular flexibility index (Phi) is 8.87. The average Bonchev–Trinajstić information content (AvgIpc) is 3.24. The molecule has 2 unspecified atom stereocenters. The minimum Gasteiger partial charge on any atom is -0.494 e. The van der Waals surface area contributed by atoms with E-state index in [1.807, 2.05) is 6.92 Å². The molecular formula is C22H29ClN6O5S. The zero-order chi connectivity index (χ0) is 25.6. The Balaban J connectivity index is 2.03. The second kappa shape index (κ2) is 11.6. The third-order valence-electron chi connectivity index (χ3n) is 5.41. The van der Waals surface area contributed by atoms with Gasteiger partial charge in [0.1, 0.15) is 29.6 Å². The smallest absolute Gasteiger partial charge is 0.243 e. The fourth-order valence-corrected chi connectivity index (χ4v) is 4.66. The van der Waals surface area contributed by atoms with Gasteiger partial charge in [0.2, 0.25) is 16.0 Å². The second-order valence-corrected chi connectivity index (χ2v) is 10.2. The zero-order valence-electron chi connectivity index (χ0n) is 20.2. The van der Waals surface area contributed by atoms with Crippen molar-refractivity contribution in [3.8, 4) is 17.2 Å². The van der Waals surface area contributed by atoms with E-state index < -0.39 is 21.2 Å². The fraction of sp³-hybridized carbons (Fsp3) is 0.455. The molecule has 3 aromatic rings. The summed E-state index contributed by atoms with van der Waals surface area (Å²) in [4.78, 5) is 8.32. The number of hydrogen-bond donors (Lipinski definition) is 1. The molecule has 0 aliphatic rings. The van der Waals surface area contributed by atoms with Gasteiger partial charge in [0, 0.05) is 24.9 Å². The third-order valence-corrected chi connectivity index (χ3v) is 7.46. The molecule has 0 amide bonds. The number of ether oxygens (including phenoxy) is 3. The first-order valence-electron chi connectivity index (χ1n) is 11.0. The number of methoxy groups -OCH3 is 2. The van der Waals surface area contributed by atoms with Gasteiger partial charge >= 0.3 is 0 Å². The Morgan fingerprint density at radius 2 is 1.71 bits per heavy atom. The number of rotatable bonds is 12. The number of benzene rings is 1. The van der Waals surface area contributed by atoms with Crippen molar-refractivity contribution in [3.63, 3.8) is 0 Å². The SMILES string of the molecule is CCCOCc1nnc(NS(=O)(=O)C(C)C(C)c2ncc(Cl)cn2)n1-c1c(OC)cccc1OC. The highest BCUT2D eigenvalue weighted by Crippen LogP contribution is 2.36. The molecule has 13 heteroatoms. The number of hydrogen-bond acceptors (Lipinski definition) is 9. The Morgan fingerprint density at radius 3 is 2.29 bits per heavy atom. The number of sulfonamides is 1. The van der Waals surface area contributed by atoms with E-state index >= 15 is 0 Å². The molecule has 190 valence electrons. The summed E-state index contributed by atoms with van der Waals surface area (Å²) in [5.74, 6) is 1.05. The number of halogens is 1. The van der Waals surface area contributed by atoms with E-state index in [1.54, 1.807) is 32.0 Å². The van der Waals surface area contributed by atoms with Gasteiger partial charge in [0.05, 0.1) is 24.5 Å². The maximum absolute atomic E-state index is 13.4. The lowest BCUT2D eigenvalue weighted by molar-refractivity contribution is 0.115. The van der Waals surface area contributed by atoms with Crippen LogP contribution < -0.4 is 14.2 Å². The first-order valence-corrected chi connectivity index (χ1v) is 12.9. The lowest BCUT2D eigenvalue weighted by atomic mass is 10.1. The van der Waals surface area contributed by atoms with E-state index in [2.05, 4.69) is 24.9 Å². The molecule has 0 saturated heterocycles. The van der Waals surface area contributed by atoms with Gasteiger partial charge in [-0.2, -0.15) is 0 Å². The minimum absolute atomic E-state index is 0.0287. The fourth-order valence-electron chi connectivity index (χ4n) is 3.33. The van der Waals surface area contributed by atoms with Crippen LogP contribution in [0.2, 0.25) is 5.02 Å². The second-order valence-electron chi connectivity index (χ2n) is 7.74. The van der Waals surface area contributed by atoms with Crippen molar-refractivity contribution in [2.45, 2.75) is 45.0 Å². The molecule has 0 aliphatic heterocycles. The zero-order valence-corrected chi connectivity index (χ0v) is 21.8. The molecule has 1 N–H and O–H groups in total. The normalized spacial score (nSPS) is 13.3. The molecular weight excluding hydrogens is 496 g/mol. The van der Waals surface area contributed by atoms with Crippen LogP contribution in [0.15, 0.2) is 30.6 Å². The monoisotopic (exact) mass is 524 g/mol. The maximum Gasteiger partial charge on any atom is 0.243 e. The van der Waals surface area contributed by atoms with Crippen LogP contribution in [0.1, 0.15) is 44.8 Å². The highest BCUT2D eigenvalue weighted by molar-refractivity contribution is 7.93. The van der Waals surface area contributed by atoms with Crippen LogP contribution >= 0.6 is 11.6 Å². The summed E-state index contributed by atoms with van der Waals surface area (Å²) >= 11 is 5.86. The van der Waals surface area contributed by atoms with E-state index in [1.165, 1.54) is 31.2 Å². The third kappa shape index (κ3) is 6.00. The van der Waals surface area contributed by atoms with Crippen LogP contribution in [-0.4, -0.2) is 59.2 Å². The molecule has 0 fully saturated rings. The van der Waals surface area contributed by atoms with Crippen molar-refractivity contribution < 1.29 is 22.6 Å². The quantitative estimate of drug-likeness (QED) is 0.353. The Labute approximate surface area is 209 Å². The summed E-state index contributed by atoms with van der Waals surface area (Å²) in [6.07, 6.45) is 3.68. The van der Waals surface area contributed by atoms with Crippen LogP contribution in [-0.2, 0) is 21.4 Å². The highest BCUT2D eigenvalue weighted by Gasteiger charge is 2.32. The molecule has 35 heavy (non-hydrogen) atoms. The van der Waals surface area contributed by atoms with Crippen molar-refractivity contribution in [1.29, 1.82) is 0 Å². The molecule has 0 spiro atoms. The van der Waals surface area contributed by atoms with Crippen LogP contribution in [0.25, 0.3) is 5.69 Å². The van der Waals surface area contributed by atoms with Gasteiger partial charge in [-0.3, -0.25) is 9.29 Å². The first-order chi connectivity index (χ1) is 16.7. The van der Waals surface area contributed by atoms with Crippen molar-refractivity contribution in [3.05, 3.63) is 47.3 Å². The summed E-state index contributed by atoms with van der Waals surface area (Å²) in [5.41, 5.74) is 0.442. The number of anilines is 1. The van der Waals surface area contributed by atoms with Gasteiger partial charge in [-0.1, -0.05) is 31.5 Å². The molecule has 2 aromatic heterocycles. The lowest BCUT2D eigenvalue weighted by Crippen LogP contribution is -2.31. The molecule has 0 radical (unpaired) electrons. The molecule has 3 rings (SSSR count). The van der Waals surface area contributed by atoms with Gasteiger partial charge in [-0.25, -0.2) is 18.4 Å². The predicted molar refractivity (Wildman–Crippen MR) is 132 cm³/mol. The van der Waals surface area contributed by atoms with Gasteiger partial charge in [-0.15, -0.1) is 10.2 Å². The topological polar surface area (TPSA) is 130 Å². The number of nitrogens with one attached hydrogen (secondary N) is 1. The van der Waals surface area contributed by atoms with Crippen molar-refractivity contribution in [2.75, 3.05) is 25.5 Å². The standard InChI is InChI=1S/C22H29ClN6O5S/c1-6-10-34-13-19-26-27-22(29(19)20-17(32-4)8-7-9-18(20)33-5)28-35(30,31)15(3)14(2)21-24-11-16(23)12-25-21/h7-9,11-12,14-15H,6,10,13H2,1-5H3,(H,27,28). The summed E-state index contributed by atoms with van der Waals surface area (Å²) in [5, 5.41) is 7.76. The van der Waals surface area contributed by atoms with Crippen LogP contribution in [0.5, 0.6) is 11.5 Å². The van der Waals surface area contributed by atoms with Gasteiger partial charge in [-0.05, 0) is 25.5 Å². The molecule has 2 heterocycles. The van der Waals surface area contributed by atoms with Crippen molar-refractivity contribution >= 4 is 27.6 Å². The average molecular weight is 525 g/mol. The van der Waals surface area contributed by atoms with E-state index in [9.17, 15) is 8.42 Å². The largest absolute Gasteiger partial charge is 0.494 e. The molecule has 2 atom stereocenters. The molecule has 11 nitrogen and oxygen atoms in total. The Hall–Kier alpha value is -2.96. The van der Waals surface area contributed by atoms with Crippen LogP contribution in [0, 0.1) is 0 Å². The minimum atomic E-state index is -3.96. The highest BCUT2D eigenvalue weighted by atomic mass is 35.5. The number of para-hydroxylation sites is 1. The van der Waals surface area contributed by atoms with Gasteiger partial charge in [0.15, 0.2) is 5.82 Å². The van der Waals surface area contributed by atoms with Gasteiger partial charge in [0.25, 0.3) is 0 Å². The molecule has 0 aliphatic carbocycles. The van der Waals surface area contributed by atoms with Crippen molar-refractivity contribution in [2.24, 2.45) is 0 Å². The number of aromatic nitrogens is 5. The van der Waals surface area contributed by atoms with Crippen molar-refractivity contribution in [1.82, 2.24) is 24.7 Å². The summed E-state index contributed by atoms with van der Waals surface area (Å²) in [6.45, 7) is 5.90. The van der Waals surface area contributed by atoms with E-state index in [-0.39, 0.29) is 12.6 Å². The summed E-state index contributed by atoms with van der Waals surface area (Å²) < 4.78 is 47.6. The van der Waals surface area contributed by atoms with E-state index in [0.717, 1.165) is 6.42 Å². The first kappa shape index (κ1) is 26.6. The van der Waals surface area contributed by atoms with E-state index in [0.29, 0.717) is 40.5 Å². The Morgan fingerprint density at radius 1 is 1.09 bits per heavy atom. The summed E-state index contributed by atoms with van der Waals surface area (Å²) in [7, 11) is -0.942. The Bertz CT molecular complexity index is 1210. The lowest BCUT2D eigenvalue weighted by Gasteiger charge is -2.21. The maximum atomic E-state index is 13.4.